The molecule has 0 N–H and O–H groups in total. The first-order valence-electron chi connectivity index (χ1n) is 9.97. The van der Waals surface area contributed by atoms with Crippen LogP contribution >= 0.6 is 0 Å². The van der Waals surface area contributed by atoms with E-state index in [1.807, 2.05) is 31.2 Å². The molecule has 1 aliphatic rings. The Labute approximate surface area is 177 Å². The largest absolute Gasteiger partial charge is 0.497 e. The Balaban J connectivity index is 1.57. The quantitative estimate of drug-likeness (QED) is 0.602. The normalized spacial score (nSPS) is 13.6. The average molecular weight is 424 g/mol. The number of para-hydroxylation sites is 1. The van der Waals surface area contributed by atoms with E-state index in [4.69, 9.17) is 4.74 Å². The predicted octanol–water partition coefficient (Wildman–Crippen LogP) is 3.87. The van der Waals surface area contributed by atoms with Crippen LogP contribution in [0.2, 0.25) is 0 Å². The number of anilines is 2. The number of sulfonamides is 1. The summed E-state index contributed by atoms with van der Waals surface area (Å²) in [7, 11) is -2.01. The number of hydrogen-bond donors (Lipinski definition) is 0. The fourth-order valence-electron chi connectivity index (χ4n) is 3.78. The minimum atomic E-state index is -3.67. The van der Waals surface area contributed by atoms with Gasteiger partial charge in [0.25, 0.3) is 10.0 Å². The number of ether oxygens (including phenoxy) is 1. The topological polar surface area (TPSA) is 62.7 Å². The van der Waals surface area contributed by atoms with Crippen LogP contribution in [0.15, 0.2) is 71.8 Å². The zero-order chi connectivity index (χ0) is 21.1. The van der Waals surface area contributed by atoms with E-state index in [2.05, 4.69) is 22.0 Å². The summed E-state index contributed by atoms with van der Waals surface area (Å²) < 4.78 is 33.0. The van der Waals surface area contributed by atoms with E-state index in [1.54, 1.807) is 31.4 Å². The van der Waals surface area contributed by atoms with E-state index in [1.165, 1.54) is 21.6 Å². The van der Waals surface area contributed by atoms with E-state index in [0.717, 1.165) is 31.1 Å². The van der Waals surface area contributed by atoms with Gasteiger partial charge in [0.1, 0.15) is 16.5 Å². The van der Waals surface area contributed by atoms with Gasteiger partial charge in [-0.3, -0.25) is 4.31 Å². The van der Waals surface area contributed by atoms with Gasteiger partial charge in [0.05, 0.1) is 12.8 Å². The highest BCUT2D eigenvalue weighted by molar-refractivity contribution is 7.92. The Bertz CT molecular complexity index is 1120. The average Bonchev–Trinajstić information content (AvgIpc) is 2.79. The monoisotopic (exact) mass is 423 g/mol. The van der Waals surface area contributed by atoms with Crippen molar-refractivity contribution in [3.05, 3.63) is 78.0 Å². The maximum absolute atomic E-state index is 13.1. The minimum absolute atomic E-state index is 0.191. The van der Waals surface area contributed by atoms with Crippen molar-refractivity contribution in [1.29, 1.82) is 0 Å². The molecule has 0 radical (unpaired) electrons. The summed E-state index contributed by atoms with van der Waals surface area (Å²) in [6.07, 6.45) is 2.37. The second-order valence-corrected chi connectivity index (χ2v) is 9.03. The lowest BCUT2D eigenvalue weighted by Crippen LogP contribution is -2.32. The molecule has 0 aliphatic carbocycles. The van der Waals surface area contributed by atoms with E-state index in [9.17, 15) is 8.42 Å². The molecule has 0 saturated heterocycles. The van der Waals surface area contributed by atoms with Crippen LogP contribution in [0.3, 0.4) is 0 Å². The summed E-state index contributed by atoms with van der Waals surface area (Å²) in [6.45, 7) is 3.73. The van der Waals surface area contributed by atoms with Crippen molar-refractivity contribution in [2.45, 2.75) is 24.8 Å². The van der Waals surface area contributed by atoms with E-state index in [0.29, 0.717) is 12.2 Å². The minimum Gasteiger partial charge on any atom is -0.497 e. The molecule has 0 spiro atoms. The molecule has 0 amide bonds. The van der Waals surface area contributed by atoms with Gasteiger partial charge in [-0.05, 0) is 60.9 Å². The maximum atomic E-state index is 13.1. The molecule has 0 bridgehead atoms. The van der Waals surface area contributed by atoms with Gasteiger partial charge in [-0.25, -0.2) is 13.4 Å². The Kier molecular flexibility index (Phi) is 5.63. The Hall–Kier alpha value is -3.06. The number of methoxy groups -OCH3 is 1. The number of benzene rings is 2. The lowest BCUT2D eigenvalue weighted by Gasteiger charge is -2.30. The standard InChI is InChI=1S/C23H25N3O3S/c1-3-26(20-7-5-4-6-8-20)30(27,28)22-11-12-23(24-16-22)25-14-13-18-9-10-21(29-2)15-19(18)17-25/h4-12,15-16H,3,13-14,17H2,1-2H3. The molecule has 0 unspecified atom stereocenters. The number of nitrogens with zero attached hydrogens (tertiary/aromatic N) is 3. The smallest absolute Gasteiger partial charge is 0.265 e. The van der Waals surface area contributed by atoms with Crippen molar-refractivity contribution >= 4 is 21.5 Å². The molecule has 1 aromatic heterocycles. The third-order valence-corrected chi connectivity index (χ3v) is 7.28. The molecule has 3 aromatic rings. The summed E-state index contributed by atoms with van der Waals surface area (Å²) in [5, 5.41) is 0. The molecule has 1 aliphatic heterocycles. The molecule has 7 heteroatoms. The van der Waals surface area contributed by atoms with Crippen LogP contribution in [0.5, 0.6) is 5.75 Å². The lowest BCUT2D eigenvalue weighted by atomic mass is 9.99. The van der Waals surface area contributed by atoms with Gasteiger partial charge in [0, 0.05) is 25.8 Å². The maximum Gasteiger partial charge on any atom is 0.265 e. The van der Waals surface area contributed by atoms with Crippen molar-refractivity contribution in [3.8, 4) is 5.75 Å². The molecule has 2 aromatic carbocycles. The molecule has 0 saturated carbocycles. The SMILES string of the molecule is CCN(c1ccccc1)S(=O)(=O)c1ccc(N2CCc3ccc(OC)cc3C2)nc1. The number of aromatic nitrogens is 1. The first-order valence-corrected chi connectivity index (χ1v) is 11.4. The van der Waals surface area contributed by atoms with Gasteiger partial charge < -0.3 is 9.64 Å². The number of pyridine rings is 1. The molecule has 0 atom stereocenters. The molecule has 6 nitrogen and oxygen atoms in total. The Morgan fingerprint density at radius 2 is 1.87 bits per heavy atom. The van der Waals surface area contributed by atoms with Crippen LogP contribution in [0, 0.1) is 0 Å². The van der Waals surface area contributed by atoms with Gasteiger partial charge in [0.2, 0.25) is 0 Å². The van der Waals surface area contributed by atoms with Crippen LogP contribution < -0.4 is 13.9 Å². The second-order valence-electron chi connectivity index (χ2n) is 7.16. The lowest BCUT2D eigenvalue weighted by molar-refractivity contribution is 0.413. The zero-order valence-corrected chi connectivity index (χ0v) is 18.0. The fourth-order valence-corrected chi connectivity index (χ4v) is 5.20. The number of rotatable bonds is 6. The summed E-state index contributed by atoms with van der Waals surface area (Å²) in [5.41, 5.74) is 3.17. The van der Waals surface area contributed by atoms with Gasteiger partial charge in [0.15, 0.2) is 0 Å². The molecule has 30 heavy (non-hydrogen) atoms. The van der Waals surface area contributed by atoms with Gasteiger partial charge >= 0.3 is 0 Å². The highest BCUT2D eigenvalue weighted by Crippen LogP contribution is 2.28. The van der Waals surface area contributed by atoms with Crippen LogP contribution in [0.1, 0.15) is 18.1 Å². The van der Waals surface area contributed by atoms with Crippen molar-refractivity contribution in [2.75, 3.05) is 29.4 Å². The summed E-state index contributed by atoms with van der Waals surface area (Å²) in [6, 6.07) is 18.7. The summed E-state index contributed by atoms with van der Waals surface area (Å²) in [4.78, 5) is 6.83. The molecule has 4 rings (SSSR count). The van der Waals surface area contributed by atoms with Crippen LogP contribution in [-0.2, 0) is 23.0 Å². The predicted molar refractivity (Wildman–Crippen MR) is 119 cm³/mol. The van der Waals surface area contributed by atoms with Crippen molar-refractivity contribution in [1.82, 2.24) is 4.98 Å². The van der Waals surface area contributed by atoms with E-state index >= 15 is 0 Å². The summed E-state index contributed by atoms with van der Waals surface area (Å²) in [5.74, 6) is 1.61. The second kappa shape index (κ2) is 8.36. The zero-order valence-electron chi connectivity index (χ0n) is 17.2. The fraction of sp³-hybridized carbons (Fsp3) is 0.261. The third-order valence-electron chi connectivity index (χ3n) is 5.39. The Morgan fingerprint density at radius 3 is 2.53 bits per heavy atom. The van der Waals surface area contributed by atoms with Gasteiger partial charge in [-0.15, -0.1) is 0 Å². The summed E-state index contributed by atoms with van der Waals surface area (Å²) >= 11 is 0. The van der Waals surface area contributed by atoms with Gasteiger partial charge in [-0.2, -0.15) is 0 Å². The van der Waals surface area contributed by atoms with Gasteiger partial charge in [-0.1, -0.05) is 24.3 Å². The molecular formula is C23H25N3O3S. The third kappa shape index (κ3) is 3.85. The van der Waals surface area contributed by atoms with Crippen molar-refractivity contribution in [3.63, 3.8) is 0 Å². The highest BCUT2D eigenvalue weighted by atomic mass is 32.2. The first kappa shape index (κ1) is 20.2. The molecule has 156 valence electrons. The Morgan fingerprint density at radius 1 is 1.07 bits per heavy atom. The van der Waals surface area contributed by atoms with Crippen LogP contribution in [0.25, 0.3) is 0 Å². The number of fused-ring (bicyclic) bond motifs is 1. The number of hydrogen-bond acceptors (Lipinski definition) is 5. The van der Waals surface area contributed by atoms with Crippen LogP contribution in [0.4, 0.5) is 11.5 Å². The van der Waals surface area contributed by atoms with E-state index < -0.39 is 10.0 Å². The molecule has 0 fully saturated rings. The van der Waals surface area contributed by atoms with E-state index in [-0.39, 0.29) is 4.90 Å². The molecule has 2 heterocycles. The highest BCUT2D eigenvalue weighted by Gasteiger charge is 2.25. The van der Waals surface area contributed by atoms with Crippen molar-refractivity contribution < 1.29 is 13.2 Å². The van der Waals surface area contributed by atoms with Crippen molar-refractivity contribution in [2.24, 2.45) is 0 Å². The first-order chi connectivity index (χ1) is 14.5. The molecular weight excluding hydrogens is 398 g/mol. The van der Waals surface area contributed by atoms with Crippen LogP contribution in [-0.4, -0.2) is 33.6 Å².